The Bertz CT molecular complexity index is 1660. The van der Waals surface area contributed by atoms with Gasteiger partial charge >= 0.3 is 5.97 Å². The summed E-state index contributed by atoms with van der Waals surface area (Å²) in [6.07, 6.45) is 8.94. The highest BCUT2D eigenvalue weighted by molar-refractivity contribution is 6.03. The summed E-state index contributed by atoms with van der Waals surface area (Å²) < 4.78 is 0. The summed E-state index contributed by atoms with van der Waals surface area (Å²) in [6, 6.07) is 19.0. The summed E-state index contributed by atoms with van der Waals surface area (Å²) >= 11 is 0. The monoisotopic (exact) mass is 695 g/mol. The van der Waals surface area contributed by atoms with Crippen molar-refractivity contribution >= 4 is 35.3 Å². The minimum atomic E-state index is -1.15. The number of nitrogens with zero attached hydrogens (tertiary/aromatic N) is 3. The van der Waals surface area contributed by atoms with Crippen LogP contribution < -0.4 is 15.5 Å². The molecule has 2 aromatic carbocycles. The Morgan fingerprint density at radius 1 is 0.961 bits per heavy atom. The smallest absolute Gasteiger partial charge is 0.326 e. The van der Waals surface area contributed by atoms with E-state index in [4.69, 9.17) is 0 Å². The number of carbonyl (C=O) groups excluding carboxylic acids is 4. The maximum atomic E-state index is 14.4. The van der Waals surface area contributed by atoms with E-state index in [1.54, 1.807) is 46.5 Å². The van der Waals surface area contributed by atoms with Gasteiger partial charge in [-0.05, 0) is 73.4 Å². The molecular weight excluding hydrogens is 646 g/mol. The van der Waals surface area contributed by atoms with Crippen LogP contribution in [0.1, 0.15) is 81.9 Å². The van der Waals surface area contributed by atoms with Crippen molar-refractivity contribution < 1.29 is 29.1 Å². The van der Waals surface area contributed by atoms with Crippen LogP contribution in [0.3, 0.4) is 0 Å². The summed E-state index contributed by atoms with van der Waals surface area (Å²) in [4.78, 5) is 73.2. The maximum Gasteiger partial charge on any atom is 0.326 e. The molecule has 4 amide bonds. The number of amides is 4. The zero-order valence-electron chi connectivity index (χ0n) is 29.6. The normalized spacial score (nSPS) is 18.7. The first-order valence-corrected chi connectivity index (χ1v) is 18.1. The number of rotatable bonds is 16. The number of benzene rings is 2. The fraction of sp³-hybridized carbons (Fsp3) is 0.450. The average Bonchev–Trinajstić information content (AvgIpc) is 3.71. The van der Waals surface area contributed by atoms with E-state index in [-0.39, 0.29) is 30.0 Å². The predicted octanol–water partition coefficient (Wildman–Crippen LogP) is 4.83. The van der Waals surface area contributed by atoms with Gasteiger partial charge in [0.05, 0.1) is 5.41 Å². The van der Waals surface area contributed by atoms with Crippen molar-refractivity contribution in [2.75, 3.05) is 11.4 Å². The van der Waals surface area contributed by atoms with Gasteiger partial charge in [-0.2, -0.15) is 0 Å². The Morgan fingerprint density at radius 3 is 2.29 bits per heavy atom. The third kappa shape index (κ3) is 9.19. The number of pyridine rings is 1. The van der Waals surface area contributed by atoms with Crippen molar-refractivity contribution in [2.24, 2.45) is 5.41 Å². The van der Waals surface area contributed by atoms with E-state index in [1.165, 1.54) is 6.92 Å². The Morgan fingerprint density at radius 2 is 1.67 bits per heavy atom. The molecule has 2 aliphatic rings. The number of carboxylic acid groups (broad SMARTS) is 1. The molecule has 5 rings (SSSR count). The summed E-state index contributed by atoms with van der Waals surface area (Å²) in [5.41, 5.74) is 2.56. The Labute approximate surface area is 299 Å². The van der Waals surface area contributed by atoms with Crippen LogP contribution in [0.4, 0.5) is 5.69 Å². The van der Waals surface area contributed by atoms with E-state index >= 15 is 0 Å². The van der Waals surface area contributed by atoms with Crippen molar-refractivity contribution in [3.8, 4) is 0 Å². The third-order valence-electron chi connectivity index (χ3n) is 10.2. The van der Waals surface area contributed by atoms with Crippen molar-refractivity contribution in [2.45, 2.75) is 103 Å². The lowest BCUT2D eigenvalue weighted by Crippen LogP contribution is -2.49. The fourth-order valence-electron chi connectivity index (χ4n) is 7.54. The molecule has 2 heterocycles. The van der Waals surface area contributed by atoms with Crippen LogP contribution in [0, 0.1) is 5.41 Å². The van der Waals surface area contributed by atoms with Crippen LogP contribution >= 0.6 is 0 Å². The molecule has 1 aliphatic heterocycles. The van der Waals surface area contributed by atoms with Gasteiger partial charge in [-0.1, -0.05) is 68.3 Å². The highest BCUT2D eigenvalue weighted by Crippen LogP contribution is 2.41. The molecule has 51 heavy (non-hydrogen) atoms. The van der Waals surface area contributed by atoms with Crippen molar-refractivity contribution in [3.63, 3.8) is 0 Å². The number of aromatic nitrogens is 1. The van der Waals surface area contributed by atoms with Crippen LogP contribution in [0.15, 0.2) is 79.1 Å². The third-order valence-corrected chi connectivity index (χ3v) is 10.2. The first-order chi connectivity index (χ1) is 24.6. The van der Waals surface area contributed by atoms with E-state index in [0.717, 1.165) is 24.0 Å². The Balaban J connectivity index is 1.38. The maximum absolute atomic E-state index is 14.4. The molecule has 3 N–H and O–H groups in total. The van der Waals surface area contributed by atoms with Gasteiger partial charge in [0.15, 0.2) is 0 Å². The zero-order valence-corrected chi connectivity index (χ0v) is 29.6. The zero-order chi connectivity index (χ0) is 36.4. The molecule has 2 fully saturated rings. The second kappa shape index (κ2) is 17.2. The van der Waals surface area contributed by atoms with Gasteiger partial charge in [-0.3, -0.25) is 29.1 Å². The van der Waals surface area contributed by atoms with Gasteiger partial charge in [-0.15, -0.1) is 0 Å². The van der Waals surface area contributed by atoms with Gasteiger partial charge in [0.2, 0.25) is 17.7 Å². The summed E-state index contributed by atoms with van der Waals surface area (Å²) in [7, 11) is 0. The summed E-state index contributed by atoms with van der Waals surface area (Å²) in [5, 5.41) is 15.7. The molecule has 270 valence electrons. The van der Waals surface area contributed by atoms with Gasteiger partial charge in [-0.25, -0.2) is 4.79 Å². The number of hydrogen-bond acceptors (Lipinski definition) is 6. The number of nitrogens with one attached hydrogen (secondary N) is 2. The lowest BCUT2D eigenvalue weighted by molar-refractivity contribution is -0.144. The second-order valence-electron chi connectivity index (χ2n) is 13.8. The summed E-state index contributed by atoms with van der Waals surface area (Å²) in [6.45, 7) is 3.74. The molecule has 1 aromatic heterocycles. The Kier molecular flexibility index (Phi) is 12.6. The fourth-order valence-corrected chi connectivity index (χ4v) is 7.54. The molecule has 3 aromatic rings. The number of aryl methyl sites for hydroxylation is 1. The minimum Gasteiger partial charge on any atom is -0.480 e. The molecule has 0 bridgehead atoms. The van der Waals surface area contributed by atoms with Crippen molar-refractivity contribution in [1.29, 1.82) is 0 Å². The number of carbonyl (C=O) groups is 5. The first kappa shape index (κ1) is 37.2. The second-order valence-corrected chi connectivity index (χ2v) is 13.8. The standard InChI is InChI=1S/C40H49N5O6/c1-3-10-36(47)45-34(26-31-13-9-23-41-27-31)37(48)44(35(45)19-16-29-11-5-4-6-12-29)32-17-14-30(15-18-32)25-33(38(49)50)43-39(51)40(20-7-8-21-40)22-24-42-28(2)46/h4-6,9,11-15,17-18,23,27,33-35H,3,7-8,10,16,19-22,24-26H2,1-2H3,(H,42,46)(H,43,51)(H,49,50)/t33?,34-,35?/m1/s1. The first-order valence-electron chi connectivity index (χ1n) is 18.1. The Hall–Kier alpha value is -5.06. The predicted molar refractivity (Wildman–Crippen MR) is 193 cm³/mol. The number of hydrogen-bond donors (Lipinski definition) is 3. The van der Waals surface area contributed by atoms with Gasteiger partial charge in [0.25, 0.3) is 5.91 Å². The van der Waals surface area contributed by atoms with Crippen LogP contribution in [-0.2, 0) is 43.2 Å². The van der Waals surface area contributed by atoms with E-state index in [1.807, 2.05) is 49.4 Å². The number of carboxylic acids is 1. The molecule has 1 saturated heterocycles. The van der Waals surface area contributed by atoms with Crippen LogP contribution in [0.5, 0.6) is 0 Å². The number of aliphatic carboxylic acids is 1. The van der Waals surface area contributed by atoms with Crippen LogP contribution in [-0.4, -0.2) is 69.4 Å². The molecule has 1 aliphatic carbocycles. The van der Waals surface area contributed by atoms with E-state index in [2.05, 4.69) is 15.6 Å². The molecule has 11 heteroatoms. The van der Waals surface area contributed by atoms with E-state index in [0.29, 0.717) is 69.2 Å². The largest absolute Gasteiger partial charge is 0.480 e. The quantitative estimate of drug-likeness (QED) is 0.195. The molecular formula is C40H49N5O6. The molecule has 0 radical (unpaired) electrons. The van der Waals surface area contributed by atoms with E-state index < -0.39 is 29.6 Å². The lowest BCUT2D eigenvalue weighted by Gasteiger charge is -2.32. The van der Waals surface area contributed by atoms with Crippen LogP contribution in [0.2, 0.25) is 0 Å². The van der Waals surface area contributed by atoms with Gasteiger partial charge in [0.1, 0.15) is 18.2 Å². The van der Waals surface area contributed by atoms with E-state index in [9.17, 15) is 29.1 Å². The molecule has 0 spiro atoms. The average molecular weight is 696 g/mol. The SMILES string of the molecule is CCCC(=O)N1C(CCc2ccccc2)N(c2ccc(CC(NC(=O)C3(CCNC(C)=O)CCCC3)C(=O)O)cc2)C(=O)[C@H]1Cc1cccnc1. The van der Waals surface area contributed by atoms with Crippen molar-refractivity contribution in [3.05, 3.63) is 95.8 Å². The molecule has 1 saturated carbocycles. The summed E-state index contributed by atoms with van der Waals surface area (Å²) in [5.74, 6) is -1.85. The number of anilines is 1. The molecule has 11 nitrogen and oxygen atoms in total. The highest BCUT2D eigenvalue weighted by Gasteiger charge is 2.48. The molecule has 2 unspecified atom stereocenters. The molecule has 3 atom stereocenters. The van der Waals surface area contributed by atoms with Gasteiger partial charge < -0.3 is 20.6 Å². The lowest BCUT2D eigenvalue weighted by atomic mass is 9.81. The van der Waals surface area contributed by atoms with Gasteiger partial charge in [0, 0.05) is 50.8 Å². The topological polar surface area (TPSA) is 149 Å². The minimum absolute atomic E-state index is 0.0548. The van der Waals surface area contributed by atoms with Crippen LogP contribution in [0.25, 0.3) is 0 Å². The highest BCUT2D eigenvalue weighted by atomic mass is 16.4. The van der Waals surface area contributed by atoms with Crippen molar-refractivity contribution in [1.82, 2.24) is 20.5 Å².